The SMILES string of the molecule is CC(=O)N1CC2CC1CC2C. The Morgan fingerprint density at radius 2 is 2.18 bits per heavy atom. The summed E-state index contributed by atoms with van der Waals surface area (Å²) in [4.78, 5) is 13.1. The average molecular weight is 153 g/mol. The molecule has 11 heavy (non-hydrogen) atoms. The van der Waals surface area contributed by atoms with Gasteiger partial charge in [-0.25, -0.2) is 0 Å². The normalized spacial score (nSPS) is 41.6. The highest BCUT2D eigenvalue weighted by Gasteiger charge is 2.43. The van der Waals surface area contributed by atoms with Crippen molar-refractivity contribution in [2.45, 2.75) is 32.7 Å². The van der Waals surface area contributed by atoms with Crippen LogP contribution in [0, 0.1) is 11.8 Å². The summed E-state index contributed by atoms with van der Waals surface area (Å²) in [5.41, 5.74) is 0. The lowest BCUT2D eigenvalue weighted by Crippen LogP contribution is -2.37. The lowest BCUT2D eigenvalue weighted by molar-refractivity contribution is -0.130. The van der Waals surface area contributed by atoms with Crippen LogP contribution in [0.1, 0.15) is 26.7 Å². The van der Waals surface area contributed by atoms with Gasteiger partial charge in [-0.2, -0.15) is 0 Å². The van der Waals surface area contributed by atoms with E-state index in [-0.39, 0.29) is 5.91 Å². The van der Waals surface area contributed by atoms with Crippen molar-refractivity contribution in [2.75, 3.05) is 6.54 Å². The van der Waals surface area contributed by atoms with Crippen molar-refractivity contribution in [3.63, 3.8) is 0 Å². The van der Waals surface area contributed by atoms with Crippen molar-refractivity contribution in [3.8, 4) is 0 Å². The van der Waals surface area contributed by atoms with E-state index in [2.05, 4.69) is 6.92 Å². The van der Waals surface area contributed by atoms with Gasteiger partial charge in [-0.05, 0) is 24.7 Å². The molecule has 0 aromatic rings. The summed E-state index contributed by atoms with van der Waals surface area (Å²) >= 11 is 0. The molecule has 0 aromatic heterocycles. The fourth-order valence-corrected chi connectivity index (χ4v) is 2.60. The van der Waals surface area contributed by atoms with Crippen LogP contribution < -0.4 is 0 Å². The smallest absolute Gasteiger partial charge is 0.219 e. The van der Waals surface area contributed by atoms with Gasteiger partial charge in [-0.15, -0.1) is 0 Å². The molecular weight excluding hydrogens is 138 g/mol. The van der Waals surface area contributed by atoms with Crippen LogP contribution in [0.2, 0.25) is 0 Å². The van der Waals surface area contributed by atoms with Crippen molar-refractivity contribution in [3.05, 3.63) is 0 Å². The van der Waals surface area contributed by atoms with Crippen LogP contribution in [0.25, 0.3) is 0 Å². The minimum absolute atomic E-state index is 0.268. The van der Waals surface area contributed by atoms with Crippen LogP contribution in [0.4, 0.5) is 0 Å². The standard InChI is InChI=1S/C9H15NO/c1-6-3-9-4-8(6)5-10(9)7(2)11/h6,8-9H,3-5H2,1-2H3. The zero-order valence-electron chi connectivity index (χ0n) is 7.21. The van der Waals surface area contributed by atoms with Crippen LogP contribution in [0.15, 0.2) is 0 Å². The quantitative estimate of drug-likeness (QED) is 0.513. The molecule has 1 amide bonds. The van der Waals surface area contributed by atoms with Crippen LogP contribution >= 0.6 is 0 Å². The molecule has 1 saturated carbocycles. The number of piperidine rings is 1. The second-order valence-electron chi connectivity index (χ2n) is 4.03. The van der Waals surface area contributed by atoms with Gasteiger partial charge < -0.3 is 4.90 Å². The average Bonchev–Trinajstić information content (AvgIpc) is 2.43. The summed E-state index contributed by atoms with van der Waals surface area (Å²) in [5, 5.41) is 0. The molecule has 3 atom stereocenters. The van der Waals surface area contributed by atoms with Crippen molar-refractivity contribution >= 4 is 5.91 Å². The third-order valence-electron chi connectivity index (χ3n) is 3.30. The highest BCUT2D eigenvalue weighted by atomic mass is 16.2. The Labute approximate surface area is 67.6 Å². The predicted octanol–water partition coefficient (Wildman–Crippen LogP) is 1.26. The van der Waals surface area contributed by atoms with E-state index >= 15 is 0 Å². The van der Waals surface area contributed by atoms with Crippen molar-refractivity contribution in [2.24, 2.45) is 11.8 Å². The first-order chi connectivity index (χ1) is 5.18. The third kappa shape index (κ3) is 0.959. The van der Waals surface area contributed by atoms with Crippen LogP contribution in [-0.4, -0.2) is 23.4 Å². The molecule has 3 unspecified atom stereocenters. The van der Waals surface area contributed by atoms with E-state index in [9.17, 15) is 4.79 Å². The summed E-state index contributed by atoms with van der Waals surface area (Å²) in [6.45, 7) is 5.02. The van der Waals surface area contributed by atoms with E-state index in [1.54, 1.807) is 6.92 Å². The molecule has 0 N–H and O–H groups in total. The molecule has 1 saturated heterocycles. The van der Waals surface area contributed by atoms with Gasteiger partial charge >= 0.3 is 0 Å². The molecule has 2 nitrogen and oxygen atoms in total. The number of nitrogens with zero attached hydrogens (tertiary/aromatic N) is 1. The molecule has 0 aromatic carbocycles. The predicted molar refractivity (Wildman–Crippen MR) is 43.1 cm³/mol. The lowest BCUT2D eigenvalue weighted by atomic mass is 9.97. The Kier molecular flexibility index (Phi) is 1.44. The summed E-state index contributed by atoms with van der Waals surface area (Å²) in [6, 6.07) is 0.590. The topological polar surface area (TPSA) is 20.3 Å². The Morgan fingerprint density at radius 1 is 1.45 bits per heavy atom. The molecule has 62 valence electrons. The number of hydrogen-bond acceptors (Lipinski definition) is 1. The highest BCUT2D eigenvalue weighted by molar-refractivity contribution is 5.74. The lowest BCUT2D eigenvalue weighted by Gasteiger charge is -2.28. The maximum Gasteiger partial charge on any atom is 0.219 e. The second kappa shape index (κ2) is 2.23. The van der Waals surface area contributed by atoms with Crippen molar-refractivity contribution in [1.29, 1.82) is 0 Å². The molecule has 1 aliphatic heterocycles. The number of carbonyl (C=O) groups excluding carboxylic acids is 1. The van der Waals surface area contributed by atoms with E-state index in [0.717, 1.165) is 18.4 Å². The van der Waals surface area contributed by atoms with Gasteiger partial charge in [-0.1, -0.05) is 6.92 Å². The van der Waals surface area contributed by atoms with Crippen LogP contribution in [0.5, 0.6) is 0 Å². The molecule has 1 aliphatic carbocycles. The van der Waals surface area contributed by atoms with E-state index in [1.807, 2.05) is 4.90 Å². The monoisotopic (exact) mass is 153 g/mol. The van der Waals surface area contributed by atoms with Gasteiger partial charge in [0.1, 0.15) is 0 Å². The largest absolute Gasteiger partial charge is 0.340 e. The maximum atomic E-state index is 11.1. The first-order valence-corrected chi connectivity index (χ1v) is 4.45. The molecule has 2 aliphatic rings. The molecule has 2 heteroatoms. The van der Waals surface area contributed by atoms with Gasteiger partial charge in [0.25, 0.3) is 0 Å². The molecule has 2 fully saturated rings. The minimum atomic E-state index is 0.268. The fraction of sp³-hybridized carbons (Fsp3) is 0.889. The van der Waals surface area contributed by atoms with E-state index in [4.69, 9.17) is 0 Å². The summed E-state index contributed by atoms with van der Waals surface area (Å²) < 4.78 is 0. The molecule has 1 heterocycles. The molecule has 2 rings (SSSR count). The Bertz CT molecular complexity index is 188. The van der Waals surface area contributed by atoms with Gasteiger partial charge in [0, 0.05) is 19.5 Å². The maximum absolute atomic E-state index is 11.1. The van der Waals surface area contributed by atoms with Gasteiger partial charge in [0.15, 0.2) is 0 Å². The summed E-state index contributed by atoms with van der Waals surface area (Å²) in [5.74, 6) is 1.93. The number of carbonyl (C=O) groups is 1. The number of likely N-dealkylation sites (tertiary alicyclic amines) is 1. The van der Waals surface area contributed by atoms with Gasteiger partial charge in [-0.3, -0.25) is 4.79 Å². The fourth-order valence-electron chi connectivity index (χ4n) is 2.60. The summed E-state index contributed by atoms with van der Waals surface area (Å²) in [7, 11) is 0. The van der Waals surface area contributed by atoms with Crippen molar-refractivity contribution in [1.82, 2.24) is 4.90 Å². The van der Waals surface area contributed by atoms with E-state index in [0.29, 0.717) is 6.04 Å². The van der Waals surface area contributed by atoms with Gasteiger partial charge in [0.2, 0.25) is 5.91 Å². The third-order valence-corrected chi connectivity index (χ3v) is 3.30. The molecular formula is C9H15NO. The minimum Gasteiger partial charge on any atom is -0.340 e. The van der Waals surface area contributed by atoms with Crippen LogP contribution in [0.3, 0.4) is 0 Å². The number of rotatable bonds is 0. The van der Waals surface area contributed by atoms with E-state index < -0.39 is 0 Å². The Morgan fingerprint density at radius 3 is 2.55 bits per heavy atom. The zero-order valence-corrected chi connectivity index (χ0v) is 7.21. The van der Waals surface area contributed by atoms with Gasteiger partial charge in [0.05, 0.1) is 0 Å². The first kappa shape index (κ1) is 7.14. The molecule has 2 bridgehead atoms. The van der Waals surface area contributed by atoms with E-state index in [1.165, 1.54) is 12.8 Å². The Balaban J connectivity index is 2.08. The number of amides is 1. The molecule has 0 spiro atoms. The summed E-state index contributed by atoms with van der Waals surface area (Å²) in [6.07, 6.45) is 2.50. The molecule has 0 radical (unpaired) electrons. The zero-order chi connectivity index (χ0) is 8.01. The number of fused-ring (bicyclic) bond motifs is 2. The first-order valence-electron chi connectivity index (χ1n) is 4.45. The van der Waals surface area contributed by atoms with Crippen LogP contribution in [-0.2, 0) is 4.79 Å². The highest BCUT2D eigenvalue weighted by Crippen LogP contribution is 2.41. The van der Waals surface area contributed by atoms with Crippen molar-refractivity contribution < 1.29 is 4.79 Å². The number of hydrogen-bond donors (Lipinski definition) is 0. The second-order valence-corrected chi connectivity index (χ2v) is 4.03. The Hall–Kier alpha value is -0.530.